The fourth-order valence-electron chi connectivity index (χ4n) is 2.65. The molecule has 0 atom stereocenters. The molecule has 1 aliphatic rings. The number of carbonyl (C=O) groups is 2. The Balaban J connectivity index is 2.04. The van der Waals surface area contributed by atoms with Crippen LogP contribution in [-0.2, 0) is 9.53 Å². The molecule has 1 aromatic carbocycles. The SMILES string of the molecule is COC(=O)N1CCC(C(=O)Nc2cc(OC)c(Cl)cc2OC)CC1. The average Bonchev–Trinajstić information content (AvgIpc) is 2.62. The smallest absolute Gasteiger partial charge is 0.409 e. The molecule has 2 amide bonds. The first-order valence-electron chi connectivity index (χ1n) is 7.55. The number of amides is 2. The van der Waals surface area contributed by atoms with E-state index in [9.17, 15) is 9.59 Å². The molecule has 0 bridgehead atoms. The third-order valence-corrected chi connectivity index (χ3v) is 4.33. The molecule has 1 saturated heterocycles. The van der Waals surface area contributed by atoms with E-state index in [4.69, 9.17) is 25.8 Å². The molecule has 1 heterocycles. The van der Waals surface area contributed by atoms with Gasteiger partial charge in [0.15, 0.2) is 0 Å². The lowest BCUT2D eigenvalue weighted by Gasteiger charge is -2.30. The van der Waals surface area contributed by atoms with E-state index in [1.54, 1.807) is 17.0 Å². The zero-order valence-electron chi connectivity index (χ0n) is 13.9. The Hall–Kier alpha value is -2.15. The first-order chi connectivity index (χ1) is 11.5. The lowest BCUT2D eigenvalue weighted by Crippen LogP contribution is -2.41. The maximum atomic E-state index is 12.5. The van der Waals surface area contributed by atoms with Crippen LogP contribution in [-0.4, -0.2) is 51.3 Å². The normalized spacial score (nSPS) is 14.9. The zero-order chi connectivity index (χ0) is 17.7. The molecule has 0 aromatic heterocycles. The van der Waals surface area contributed by atoms with Gasteiger partial charge < -0.3 is 24.4 Å². The predicted octanol–water partition coefficient (Wildman–Crippen LogP) is 2.77. The van der Waals surface area contributed by atoms with Gasteiger partial charge in [-0.05, 0) is 12.8 Å². The van der Waals surface area contributed by atoms with Gasteiger partial charge in [0, 0.05) is 31.1 Å². The summed E-state index contributed by atoms with van der Waals surface area (Å²) in [6.45, 7) is 0.984. The van der Waals surface area contributed by atoms with Gasteiger partial charge in [0.2, 0.25) is 5.91 Å². The molecule has 8 heteroatoms. The number of hydrogen-bond donors (Lipinski definition) is 1. The quantitative estimate of drug-likeness (QED) is 0.897. The minimum absolute atomic E-state index is 0.123. The number of benzene rings is 1. The fourth-order valence-corrected chi connectivity index (χ4v) is 2.88. The first kappa shape index (κ1) is 18.2. The summed E-state index contributed by atoms with van der Waals surface area (Å²) >= 11 is 6.06. The number of halogens is 1. The second-order valence-electron chi connectivity index (χ2n) is 5.41. The van der Waals surface area contributed by atoms with Crippen LogP contribution < -0.4 is 14.8 Å². The van der Waals surface area contributed by atoms with E-state index in [1.165, 1.54) is 21.3 Å². The predicted molar refractivity (Wildman–Crippen MR) is 89.9 cm³/mol. The number of nitrogens with one attached hydrogen (secondary N) is 1. The third-order valence-electron chi connectivity index (χ3n) is 4.03. The van der Waals surface area contributed by atoms with Crippen molar-refractivity contribution < 1.29 is 23.8 Å². The summed E-state index contributed by atoms with van der Waals surface area (Å²) in [7, 11) is 4.35. The zero-order valence-corrected chi connectivity index (χ0v) is 14.7. The maximum absolute atomic E-state index is 12.5. The number of anilines is 1. The number of nitrogens with zero attached hydrogens (tertiary/aromatic N) is 1. The average molecular weight is 357 g/mol. The summed E-state index contributed by atoms with van der Waals surface area (Å²) in [5.41, 5.74) is 0.499. The molecule has 1 aliphatic heterocycles. The van der Waals surface area contributed by atoms with E-state index >= 15 is 0 Å². The number of likely N-dealkylation sites (tertiary alicyclic amines) is 1. The Morgan fingerprint density at radius 2 is 1.75 bits per heavy atom. The van der Waals surface area contributed by atoms with Crippen LogP contribution in [0.3, 0.4) is 0 Å². The van der Waals surface area contributed by atoms with E-state index in [-0.39, 0.29) is 17.9 Å². The minimum Gasteiger partial charge on any atom is -0.495 e. The molecule has 0 unspecified atom stereocenters. The van der Waals surface area contributed by atoms with Crippen LogP contribution in [0.5, 0.6) is 11.5 Å². The Morgan fingerprint density at radius 1 is 1.12 bits per heavy atom. The molecule has 7 nitrogen and oxygen atoms in total. The van der Waals surface area contributed by atoms with Crippen LogP contribution >= 0.6 is 11.6 Å². The van der Waals surface area contributed by atoms with Gasteiger partial charge in [0.1, 0.15) is 11.5 Å². The van der Waals surface area contributed by atoms with Gasteiger partial charge in [-0.1, -0.05) is 11.6 Å². The second kappa shape index (κ2) is 8.10. The lowest BCUT2D eigenvalue weighted by molar-refractivity contribution is -0.121. The molecule has 1 N–H and O–H groups in total. The molecular weight excluding hydrogens is 336 g/mol. The van der Waals surface area contributed by atoms with E-state index in [1.807, 2.05) is 0 Å². The molecule has 132 valence electrons. The van der Waals surface area contributed by atoms with E-state index in [0.717, 1.165) is 0 Å². The van der Waals surface area contributed by atoms with Crippen molar-refractivity contribution in [3.8, 4) is 11.5 Å². The van der Waals surface area contributed by atoms with E-state index < -0.39 is 0 Å². The van der Waals surface area contributed by atoms with Crippen molar-refractivity contribution in [1.82, 2.24) is 4.90 Å². The summed E-state index contributed by atoms with van der Waals surface area (Å²) in [4.78, 5) is 25.6. The monoisotopic (exact) mass is 356 g/mol. The first-order valence-corrected chi connectivity index (χ1v) is 7.93. The van der Waals surface area contributed by atoms with Crippen LogP contribution in [0.15, 0.2) is 12.1 Å². The van der Waals surface area contributed by atoms with Crippen LogP contribution in [0, 0.1) is 5.92 Å². The summed E-state index contributed by atoms with van der Waals surface area (Å²) in [5.74, 6) is 0.605. The molecule has 0 radical (unpaired) electrons. The van der Waals surface area contributed by atoms with Gasteiger partial charge in [0.05, 0.1) is 32.0 Å². The largest absolute Gasteiger partial charge is 0.495 e. The fraction of sp³-hybridized carbons (Fsp3) is 0.500. The molecule has 0 spiro atoms. The Labute approximate surface area is 145 Å². The lowest BCUT2D eigenvalue weighted by atomic mass is 9.96. The highest BCUT2D eigenvalue weighted by atomic mass is 35.5. The summed E-state index contributed by atoms with van der Waals surface area (Å²) in [6, 6.07) is 3.22. The van der Waals surface area contributed by atoms with Crippen molar-refractivity contribution in [2.75, 3.05) is 39.7 Å². The van der Waals surface area contributed by atoms with Gasteiger partial charge in [-0.3, -0.25) is 4.79 Å². The number of ether oxygens (including phenoxy) is 3. The Morgan fingerprint density at radius 3 is 2.29 bits per heavy atom. The van der Waals surface area contributed by atoms with E-state index in [0.29, 0.717) is 48.1 Å². The topological polar surface area (TPSA) is 77.1 Å². The number of carbonyl (C=O) groups excluding carboxylic acids is 2. The van der Waals surface area contributed by atoms with Crippen LogP contribution in [0.1, 0.15) is 12.8 Å². The number of rotatable bonds is 4. The third kappa shape index (κ3) is 4.03. The van der Waals surface area contributed by atoms with Crippen molar-refractivity contribution in [2.24, 2.45) is 5.92 Å². The Bertz CT molecular complexity index is 615. The molecule has 1 fully saturated rings. The van der Waals surface area contributed by atoms with Crippen molar-refractivity contribution >= 4 is 29.3 Å². The van der Waals surface area contributed by atoms with Crippen LogP contribution in [0.2, 0.25) is 5.02 Å². The van der Waals surface area contributed by atoms with Gasteiger partial charge in [-0.2, -0.15) is 0 Å². The van der Waals surface area contributed by atoms with Gasteiger partial charge in [-0.25, -0.2) is 4.79 Å². The minimum atomic E-state index is -0.363. The number of hydrogen-bond acceptors (Lipinski definition) is 5. The second-order valence-corrected chi connectivity index (χ2v) is 5.81. The van der Waals surface area contributed by atoms with Crippen LogP contribution in [0.25, 0.3) is 0 Å². The van der Waals surface area contributed by atoms with Gasteiger partial charge in [0.25, 0.3) is 0 Å². The molecule has 1 aromatic rings. The molecule has 0 aliphatic carbocycles. The van der Waals surface area contributed by atoms with Crippen molar-refractivity contribution in [2.45, 2.75) is 12.8 Å². The molecular formula is C16H21ClN2O5. The van der Waals surface area contributed by atoms with Gasteiger partial charge in [-0.15, -0.1) is 0 Å². The van der Waals surface area contributed by atoms with Crippen LogP contribution in [0.4, 0.5) is 10.5 Å². The molecule has 2 rings (SSSR count). The standard InChI is InChI=1S/C16H21ClN2O5/c1-22-13-9-12(14(23-2)8-11(13)17)18-15(20)10-4-6-19(7-5-10)16(21)24-3/h8-10H,4-7H2,1-3H3,(H,18,20). The maximum Gasteiger partial charge on any atom is 0.409 e. The summed E-state index contributed by atoms with van der Waals surface area (Å²) in [5, 5.41) is 3.26. The van der Waals surface area contributed by atoms with Gasteiger partial charge >= 0.3 is 6.09 Å². The van der Waals surface area contributed by atoms with E-state index in [2.05, 4.69) is 5.32 Å². The highest BCUT2D eigenvalue weighted by Gasteiger charge is 2.28. The molecule has 0 saturated carbocycles. The number of piperidine rings is 1. The summed E-state index contributed by atoms with van der Waals surface area (Å²) < 4.78 is 15.1. The highest BCUT2D eigenvalue weighted by molar-refractivity contribution is 6.32. The van der Waals surface area contributed by atoms with Crippen molar-refractivity contribution in [1.29, 1.82) is 0 Å². The Kier molecular flexibility index (Phi) is 6.14. The van der Waals surface area contributed by atoms with Crippen molar-refractivity contribution in [3.63, 3.8) is 0 Å². The molecule has 24 heavy (non-hydrogen) atoms. The van der Waals surface area contributed by atoms with Crippen molar-refractivity contribution in [3.05, 3.63) is 17.2 Å². The highest BCUT2D eigenvalue weighted by Crippen LogP contribution is 2.36. The summed E-state index contributed by atoms with van der Waals surface area (Å²) in [6.07, 6.45) is 0.792. The number of methoxy groups -OCH3 is 3.